The van der Waals surface area contributed by atoms with E-state index < -0.39 is 23.6 Å². The standard InChI is InChI=1S/C19H13F4N7/c1-10-5-14-16-8-24-11(2)9-28(16)19(29(14)25-10)27-4-3-12(20)6-13(27)15-7-17(18(21,22)23)26-30(15)19/h3-9H,1-2H3/q+2. The average Bonchev–Trinajstić information content (AvgIpc) is 3.37. The van der Waals surface area contributed by atoms with Crippen LogP contribution in [0.15, 0.2) is 42.9 Å². The summed E-state index contributed by atoms with van der Waals surface area (Å²) in [6.07, 6.45) is 0.210. The van der Waals surface area contributed by atoms with E-state index >= 15 is 0 Å². The maximum atomic E-state index is 14.1. The molecule has 150 valence electrons. The van der Waals surface area contributed by atoms with Crippen LogP contribution in [0.5, 0.6) is 0 Å². The Morgan fingerprint density at radius 3 is 2.43 bits per heavy atom. The Hall–Kier alpha value is -3.63. The summed E-state index contributed by atoms with van der Waals surface area (Å²) >= 11 is 0. The third-order valence-corrected chi connectivity index (χ3v) is 5.45. The molecule has 0 saturated carbocycles. The number of aryl methyl sites for hydroxylation is 2. The zero-order valence-electron chi connectivity index (χ0n) is 15.7. The lowest BCUT2D eigenvalue weighted by atomic mass is 10.2. The number of alkyl halides is 3. The SMILES string of the molecule is Cc1c[n+]2c(cn1)-c1cc(C)nn1C21n2nc(C(F)(F)F)cc2-c2cc(F)cc[n+]21. The second kappa shape index (κ2) is 5.10. The molecule has 0 bridgehead atoms. The van der Waals surface area contributed by atoms with Crippen LogP contribution in [0.4, 0.5) is 17.6 Å². The van der Waals surface area contributed by atoms with Crippen molar-refractivity contribution < 1.29 is 26.7 Å². The molecule has 30 heavy (non-hydrogen) atoms. The van der Waals surface area contributed by atoms with Crippen LogP contribution in [0.3, 0.4) is 0 Å². The molecule has 4 aromatic rings. The fourth-order valence-corrected chi connectivity index (χ4v) is 4.34. The van der Waals surface area contributed by atoms with Gasteiger partial charge < -0.3 is 0 Å². The molecule has 6 rings (SSSR count). The van der Waals surface area contributed by atoms with Gasteiger partial charge in [-0.15, -0.1) is 9.36 Å². The zero-order valence-corrected chi connectivity index (χ0v) is 15.7. The lowest BCUT2D eigenvalue weighted by Crippen LogP contribution is -2.77. The second-order valence-corrected chi connectivity index (χ2v) is 7.39. The highest BCUT2D eigenvalue weighted by Gasteiger charge is 2.70. The van der Waals surface area contributed by atoms with Crippen molar-refractivity contribution in [1.82, 2.24) is 24.5 Å². The molecule has 1 atom stereocenters. The molecule has 0 aromatic carbocycles. The molecule has 2 aliphatic rings. The van der Waals surface area contributed by atoms with E-state index in [1.54, 1.807) is 40.1 Å². The predicted molar refractivity (Wildman–Crippen MR) is 92.1 cm³/mol. The third kappa shape index (κ3) is 1.87. The summed E-state index contributed by atoms with van der Waals surface area (Å²) < 4.78 is 61.0. The summed E-state index contributed by atoms with van der Waals surface area (Å²) in [6, 6.07) is 5.21. The molecule has 0 N–H and O–H groups in total. The van der Waals surface area contributed by atoms with Crippen molar-refractivity contribution in [3.05, 3.63) is 65.8 Å². The van der Waals surface area contributed by atoms with Crippen LogP contribution in [0, 0.1) is 19.7 Å². The highest BCUT2D eigenvalue weighted by molar-refractivity contribution is 5.57. The van der Waals surface area contributed by atoms with E-state index in [1.165, 1.54) is 23.0 Å². The first-order valence-electron chi connectivity index (χ1n) is 9.07. The van der Waals surface area contributed by atoms with E-state index in [4.69, 9.17) is 0 Å². The first kappa shape index (κ1) is 17.2. The highest BCUT2D eigenvalue weighted by Crippen LogP contribution is 2.40. The number of halogens is 4. The number of rotatable bonds is 0. The Morgan fingerprint density at radius 1 is 0.933 bits per heavy atom. The first-order chi connectivity index (χ1) is 14.2. The number of hydrogen-bond acceptors (Lipinski definition) is 3. The number of aromatic nitrogens is 7. The lowest BCUT2D eigenvalue weighted by molar-refractivity contribution is -0.991. The van der Waals surface area contributed by atoms with Gasteiger partial charge in [0.1, 0.15) is 17.7 Å². The van der Waals surface area contributed by atoms with E-state index in [0.717, 1.165) is 6.07 Å². The van der Waals surface area contributed by atoms with Crippen LogP contribution in [-0.4, -0.2) is 24.5 Å². The molecule has 6 heterocycles. The maximum absolute atomic E-state index is 14.1. The molecule has 7 nitrogen and oxygen atoms in total. The zero-order chi connectivity index (χ0) is 21.0. The second-order valence-electron chi connectivity index (χ2n) is 7.39. The van der Waals surface area contributed by atoms with Crippen molar-refractivity contribution in [2.45, 2.75) is 25.9 Å². The third-order valence-electron chi connectivity index (χ3n) is 5.45. The van der Waals surface area contributed by atoms with Crippen LogP contribution >= 0.6 is 0 Å². The molecule has 0 amide bonds. The summed E-state index contributed by atoms with van der Waals surface area (Å²) in [5.74, 6) is -2.01. The number of fused-ring (bicyclic) bond motifs is 10. The average molecular weight is 415 g/mol. The minimum atomic E-state index is -4.65. The van der Waals surface area contributed by atoms with Gasteiger partial charge in [-0.2, -0.15) is 23.4 Å². The van der Waals surface area contributed by atoms with Crippen LogP contribution in [-0.2, 0) is 12.1 Å². The number of pyridine rings is 1. The molecular weight excluding hydrogens is 402 g/mol. The molecule has 0 saturated heterocycles. The van der Waals surface area contributed by atoms with E-state index in [2.05, 4.69) is 15.2 Å². The van der Waals surface area contributed by atoms with Gasteiger partial charge in [-0.3, -0.25) is 0 Å². The molecule has 0 fully saturated rings. The first-order valence-corrected chi connectivity index (χ1v) is 9.07. The van der Waals surface area contributed by atoms with Crippen molar-refractivity contribution in [1.29, 1.82) is 0 Å². The molecule has 4 aromatic heterocycles. The van der Waals surface area contributed by atoms with Gasteiger partial charge in [-0.1, -0.05) is 9.13 Å². The summed E-state index contributed by atoms with van der Waals surface area (Å²) in [5.41, 5.74) is 1.99. The van der Waals surface area contributed by atoms with Gasteiger partial charge >= 0.3 is 12.1 Å². The van der Waals surface area contributed by atoms with Crippen LogP contribution < -0.4 is 9.13 Å². The summed E-state index contributed by atoms with van der Waals surface area (Å²) in [4.78, 5) is 4.34. The molecular formula is C19H13F4N7+2. The van der Waals surface area contributed by atoms with Gasteiger partial charge in [0.15, 0.2) is 23.3 Å². The van der Waals surface area contributed by atoms with Crippen molar-refractivity contribution in [2.75, 3.05) is 0 Å². The minimum absolute atomic E-state index is 0.135. The van der Waals surface area contributed by atoms with Crippen LogP contribution in [0.25, 0.3) is 22.8 Å². The van der Waals surface area contributed by atoms with Crippen LogP contribution in [0.2, 0.25) is 0 Å². The maximum Gasteiger partial charge on any atom is 0.583 e. The van der Waals surface area contributed by atoms with E-state index in [0.29, 0.717) is 22.8 Å². The van der Waals surface area contributed by atoms with Gasteiger partial charge in [0.2, 0.25) is 11.9 Å². The Kier molecular flexibility index (Phi) is 2.93. The van der Waals surface area contributed by atoms with Crippen molar-refractivity contribution >= 4 is 0 Å². The smallest absolute Gasteiger partial charge is 0.248 e. The largest absolute Gasteiger partial charge is 0.583 e. The van der Waals surface area contributed by atoms with Gasteiger partial charge in [-0.05, 0) is 19.9 Å². The monoisotopic (exact) mass is 415 g/mol. The summed E-state index contributed by atoms with van der Waals surface area (Å²) in [6.45, 7) is 3.57. The fourth-order valence-electron chi connectivity index (χ4n) is 4.34. The van der Waals surface area contributed by atoms with Gasteiger partial charge in [0.25, 0.3) is 5.69 Å². The quantitative estimate of drug-likeness (QED) is 0.282. The van der Waals surface area contributed by atoms with E-state index in [-0.39, 0.29) is 11.4 Å². The van der Waals surface area contributed by atoms with Gasteiger partial charge in [-0.25, -0.2) is 9.37 Å². The van der Waals surface area contributed by atoms with E-state index in [1.807, 2.05) is 6.07 Å². The Balaban J connectivity index is 1.82. The van der Waals surface area contributed by atoms with Crippen LogP contribution in [0.1, 0.15) is 17.1 Å². The Bertz CT molecular complexity index is 1380. The fraction of sp³-hybridized carbons (Fsp3) is 0.211. The van der Waals surface area contributed by atoms with Gasteiger partial charge in [0.05, 0.1) is 5.69 Å². The molecule has 2 aliphatic heterocycles. The number of hydrogen-bond donors (Lipinski definition) is 0. The molecule has 0 radical (unpaired) electrons. The van der Waals surface area contributed by atoms with Gasteiger partial charge in [0, 0.05) is 18.2 Å². The number of nitrogens with zero attached hydrogens (tertiary/aromatic N) is 7. The minimum Gasteiger partial charge on any atom is -0.248 e. The summed E-state index contributed by atoms with van der Waals surface area (Å²) in [5, 5.41) is 8.50. The highest BCUT2D eigenvalue weighted by atomic mass is 19.4. The topological polar surface area (TPSA) is 56.3 Å². The molecule has 11 heteroatoms. The molecule has 1 unspecified atom stereocenters. The van der Waals surface area contributed by atoms with Crippen molar-refractivity contribution in [3.8, 4) is 22.8 Å². The Labute approximate surface area is 166 Å². The predicted octanol–water partition coefficient (Wildman–Crippen LogP) is 2.00. The Morgan fingerprint density at radius 2 is 1.67 bits per heavy atom. The molecule has 0 aliphatic carbocycles. The molecule has 1 spiro atoms. The van der Waals surface area contributed by atoms with E-state index in [9.17, 15) is 17.6 Å². The van der Waals surface area contributed by atoms with Crippen molar-refractivity contribution in [2.24, 2.45) is 0 Å². The normalized spacial score (nSPS) is 18.5. The summed E-state index contributed by atoms with van der Waals surface area (Å²) in [7, 11) is 0. The lowest BCUT2D eigenvalue weighted by Gasteiger charge is -2.16. The van der Waals surface area contributed by atoms with Crippen molar-refractivity contribution in [3.63, 3.8) is 0 Å².